The van der Waals surface area contributed by atoms with Crippen molar-refractivity contribution >= 4 is 0 Å². The minimum absolute atomic E-state index is 0.438. The van der Waals surface area contributed by atoms with Crippen molar-refractivity contribution in [3.05, 3.63) is 17.0 Å². The molecule has 3 heteroatoms. The molecule has 0 unspecified atom stereocenters. The molecule has 0 radical (unpaired) electrons. The molecule has 1 rings (SSSR count). The summed E-state index contributed by atoms with van der Waals surface area (Å²) in [4.78, 5) is 0. The highest BCUT2D eigenvalue weighted by Crippen LogP contribution is 2.25. The molecule has 1 aromatic rings. The van der Waals surface area contributed by atoms with Gasteiger partial charge in [-0.3, -0.25) is 0 Å². The molecule has 0 amide bonds. The topological polar surface area (TPSA) is 52.0 Å². The molecule has 1 heterocycles. The predicted molar refractivity (Wildman–Crippen MR) is 57.0 cm³/mol. The van der Waals surface area contributed by atoms with Gasteiger partial charge < -0.3 is 10.3 Å². The molecule has 2 N–H and O–H groups in total. The SMILES string of the molecule is CC(C)Cc1onc(CN)c1C(C)C. The van der Waals surface area contributed by atoms with E-state index in [0.717, 1.165) is 17.9 Å². The van der Waals surface area contributed by atoms with Gasteiger partial charge >= 0.3 is 0 Å². The van der Waals surface area contributed by atoms with Crippen LogP contribution < -0.4 is 5.73 Å². The summed E-state index contributed by atoms with van der Waals surface area (Å²) in [5, 5.41) is 4.01. The normalized spacial score (nSPS) is 11.6. The maximum atomic E-state index is 5.61. The molecule has 0 spiro atoms. The number of nitrogens with two attached hydrogens (primary N) is 1. The second-order valence-electron chi connectivity index (χ2n) is 4.42. The lowest BCUT2D eigenvalue weighted by Gasteiger charge is -2.07. The fourth-order valence-corrected chi connectivity index (χ4v) is 1.69. The molecular formula is C11H20N2O. The van der Waals surface area contributed by atoms with E-state index in [-0.39, 0.29) is 0 Å². The molecule has 0 aromatic carbocycles. The number of hydrogen-bond acceptors (Lipinski definition) is 3. The summed E-state index contributed by atoms with van der Waals surface area (Å²) < 4.78 is 5.33. The van der Waals surface area contributed by atoms with Crippen molar-refractivity contribution in [2.45, 2.75) is 46.6 Å². The van der Waals surface area contributed by atoms with Gasteiger partial charge in [-0.15, -0.1) is 0 Å². The maximum absolute atomic E-state index is 5.61. The van der Waals surface area contributed by atoms with Gasteiger partial charge in [0.1, 0.15) is 11.5 Å². The first-order valence-corrected chi connectivity index (χ1v) is 5.23. The molecule has 14 heavy (non-hydrogen) atoms. The lowest BCUT2D eigenvalue weighted by molar-refractivity contribution is 0.362. The quantitative estimate of drug-likeness (QED) is 0.804. The van der Waals surface area contributed by atoms with E-state index < -0.39 is 0 Å². The second-order valence-corrected chi connectivity index (χ2v) is 4.42. The van der Waals surface area contributed by atoms with Crippen molar-refractivity contribution in [2.75, 3.05) is 0 Å². The molecule has 0 saturated heterocycles. The van der Waals surface area contributed by atoms with Crippen molar-refractivity contribution in [2.24, 2.45) is 11.7 Å². The molecule has 0 aliphatic carbocycles. The minimum Gasteiger partial charge on any atom is -0.361 e. The molecule has 0 aliphatic rings. The largest absolute Gasteiger partial charge is 0.361 e. The van der Waals surface area contributed by atoms with Gasteiger partial charge in [0.05, 0.1) is 0 Å². The van der Waals surface area contributed by atoms with Crippen molar-refractivity contribution in [3.8, 4) is 0 Å². The van der Waals surface area contributed by atoms with Crippen LogP contribution in [-0.4, -0.2) is 5.16 Å². The smallest absolute Gasteiger partial charge is 0.140 e. The van der Waals surface area contributed by atoms with E-state index in [1.165, 1.54) is 5.56 Å². The Hall–Kier alpha value is -0.830. The summed E-state index contributed by atoms with van der Waals surface area (Å²) in [6.45, 7) is 9.11. The Balaban J connectivity index is 2.98. The van der Waals surface area contributed by atoms with Crippen LogP contribution in [0.3, 0.4) is 0 Å². The van der Waals surface area contributed by atoms with Crippen LogP contribution in [0.15, 0.2) is 4.52 Å². The van der Waals surface area contributed by atoms with Gasteiger partial charge in [-0.1, -0.05) is 32.9 Å². The molecule has 0 fully saturated rings. The molecule has 80 valence electrons. The van der Waals surface area contributed by atoms with Crippen LogP contribution in [-0.2, 0) is 13.0 Å². The zero-order chi connectivity index (χ0) is 10.7. The molecule has 3 nitrogen and oxygen atoms in total. The third kappa shape index (κ3) is 2.35. The summed E-state index contributed by atoms with van der Waals surface area (Å²) in [5.74, 6) is 2.04. The fraction of sp³-hybridized carbons (Fsp3) is 0.727. The van der Waals surface area contributed by atoms with Crippen LogP contribution in [0.2, 0.25) is 0 Å². The Labute approximate surface area is 85.7 Å². The van der Waals surface area contributed by atoms with Crippen molar-refractivity contribution in [1.29, 1.82) is 0 Å². The Morgan fingerprint density at radius 1 is 1.29 bits per heavy atom. The third-order valence-electron chi connectivity index (χ3n) is 2.24. The number of aromatic nitrogens is 1. The van der Waals surface area contributed by atoms with E-state index in [9.17, 15) is 0 Å². The van der Waals surface area contributed by atoms with Crippen LogP contribution in [0, 0.1) is 5.92 Å². The Bertz CT molecular complexity index is 289. The molecule has 0 bridgehead atoms. The van der Waals surface area contributed by atoms with Crippen molar-refractivity contribution in [1.82, 2.24) is 5.16 Å². The monoisotopic (exact) mass is 196 g/mol. The van der Waals surface area contributed by atoms with E-state index >= 15 is 0 Å². The van der Waals surface area contributed by atoms with E-state index in [0.29, 0.717) is 18.4 Å². The highest BCUT2D eigenvalue weighted by atomic mass is 16.5. The Morgan fingerprint density at radius 2 is 1.93 bits per heavy atom. The van der Waals surface area contributed by atoms with E-state index in [4.69, 9.17) is 10.3 Å². The summed E-state index contributed by atoms with van der Waals surface area (Å²) in [6, 6.07) is 0. The van der Waals surface area contributed by atoms with Gasteiger partial charge in [-0.2, -0.15) is 0 Å². The van der Waals surface area contributed by atoms with E-state index in [2.05, 4.69) is 32.9 Å². The maximum Gasteiger partial charge on any atom is 0.140 e. The first-order chi connectivity index (χ1) is 6.56. The average molecular weight is 196 g/mol. The second kappa shape index (κ2) is 4.60. The van der Waals surface area contributed by atoms with Crippen molar-refractivity contribution < 1.29 is 4.52 Å². The van der Waals surface area contributed by atoms with Gasteiger partial charge in [-0.25, -0.2) is 0 Å². The number of rotatable bonds is 4. The van der Waals surface area contributed by atoms with Gasteiger partial charge in [0.25, 0.3) is 0 Å². The standard InChI is InChI=1S/C11H20N2O/c1-7(2)5-10-11(8(3)4)9(6-12)13-14-10/h7-8H,5-6,12H2,1-4H3. The molecular weight excluding hydrogens is 176 g/mol. The molecule has 0 aliphatic heterocycles. The lowest BCUT2D eigenvalue weighted by atomic mass is 9.96. The van der Waals surface area contributed by atoms with Crippen LogP contribution >= 0.6 is 0 Å². The Morgan fingerprint density at radius 3 is 2.36 bits per heavy atom. The summed E-state index contributed by atoms with van der Waals surface area (Å²) in [7, 11) is 0. The first-order valence-electron chi connectivity index (χ1n) is 5.23. The molecule has 0 atom stereocenters. The zero-order valence-electron chi connectivity index (χ0n) is 9.50. The van der Waals surface area contributed by atoms with Crippen LogP contribution in [0.1, 0.15) is 50.6 Å². The van der Waals surface area contributed by atoms with Crippen LogP contribution in [0.4, 0.5) is 0 Å². The lowest BCUT2D eigenvalue weighted by Crippen LogP contribution is -2.04. The Kier molecular flexibility index (Phi) is 3.69. The zero-order valence-corrected chi connectivity index (χ0v) is 9.50. The van der Waals surface area contributed by atoms with Crippen molar-refractivity contribution in [3.63, 3.8) is 0 Å². The highest BCUT2D eigenvalue weighted by molar-refractivity contribution is 5.26. The minimum atomic E-state index is 0.438. The van der Waals surface area contributed by atoms with Gasteiger partial charge in [-0.05, 0) is 11.8 Å². The number of nitrogens with zero attached hydrogens (tertiary/aromatic N) is 1. The average Bonchev–Trinajstić information content (AvgIpc) is 2.46. The van der Waals surface area contributed by atoms with Gasteiger partial charge in [0, 0.05) is 18.5 Å². The van der Waals surface area contributed by atoms with Gasteiger partial charge in [0.2, 0.25) is 0 Å². The van der Waals surface area contributed by atoms with E-state index in [1.807, 2.05) is 0 Å². The highest BCUT2D eigenvalue weighted by Gasteiger charge is 2.18. The van der Waals surface area contributed by atoms with Crippen LogP contribution in [0.5, 0.6) is 0 Å². The van der Waals surface area contributed by atoms with Gasteiger partial charge in [0.15, 0.2) is 0 Å². The van der Waals surface area contributed by atoms with Crippen LogP contribution in [0.25, 0.3) is 0 Å². The third-order valence-corrected chi connectivity index (χ3v) is 2.24. The molecule has 1 aromatic heterocycles. The van der Waals surface area contributed by atoms with E-state index in [1.54, 1.807) is 0 Å². The fourth-order valence-electron chi connectivity index (χ4n) is 1.69. The first kappa shape index (κ1) is 11.2. The summed E-state index contributed by atoms with van der Waals surface area (Å²) >= 11 is 0. The molecule has 0 saturated carbocycles. The summed E-state index contributed by atoms with van der Waals surface area (Å²) in [5.41, 5.74) is 7.73. The number of hydrogen-bond donors (Lipinski definition) is 1. The predicted octanol–water partition coefficient (Wildman–Crippen LogP) is 2.46. The summed E-state index contributed by atoms with van der Waals surface area (Å²) in [6.07, 6.45) is 0.945.